The van der Waals surface area contributed by atoms with Crippen molar-refractivity contribution < 1.29 is 18.3 Å². The van der Waals surface area contributed by atoms with Crippen molar-refractivity contribution in [3.8, 4) is 11.3 Å². The molecule has 0 aromatic carbocycles. The number of piperazine rings is 1. The normalized spacial score (nSPS) is 23.3. The lowest BCUT2D eigenvalue weighted by atomic mass is 10.0. The zero-order chi connectivity index (χ0) is 22.9. The van der Waals surface area contributed by atoms with Gasteiger partial charge in [0.15, 0.2) is 0 Å². The summed E-state index contributed by atoms with van der Waals surface area (Å²) in [5.74, 6) is 0.390. The fourth-order valence-electron chi connectivity index (χ4n) is 5.03. The second-order valence-corrected chi connectivity index (χ2v) is 9.19. The molecule has 2 fully saturated rings. The molecular formula is C23H32F3N5O. The second kappa shape index (κ2) is 9.49. The third kappa shape index (κ3) is 5.00. The molecule has 2 atom stereocenters. The number of hydrogen-bond donors (Lipinski definition) is 1. The number of pyridine rings is 1. The van der Waals surface area contributed by atoms with E-state index in [-0.39, 0.29) is 12.6 Å². The molecule has 0 bridgehead atoms. The highest BCUT2D eigenvalue weighted by Gasteiger charge is 2.34. The molecule has 2 aromatic heterocycles. The molecule has 2 aromatic rings. The summed E-state index contributed by atoms with van der Waals surface area (Å²) in [4.78, 5) is 8.48. The highest BCUT2D eigenvalue weighted by molar-refractivity contribution is 5.58. The first kappa shape index (κ1) is 23.2. The van der Waals surface area contributed by atoms with Gasteiger partial charge in [-0.25, -0.2) is 0 Å². The van der Waals surface area contributed by atoms with Crippen LogP contribution < -0.4 is 0 Å². The van der Waals surface area contributed by atoms with Gasteiger partial charge in [0.25, 0.3) is 0 Å². The quantitative estimate of drug-likeness (QED) is 0.724. The van der Waals surface area contributed by atoms with E-state index in [1.807, 2.05) is 10.7 Å². The van der Waals surface area contributed by atoms with E-state index >= 15 is 0 Å². The fourth-order valence-corrected chi connectivity index (χ4v) is 5.03. The van der Waals surface area contributed by atoms with Crippen LogP contribution in [0.15, 0.2) is 24.4 Å². The Morgan fingerprint density at radius 3 is 2.47 bits per heavy atom. The third-order valence-corrected chi connectivity index (χ3v) is 6.77. The molecule has 4 rings (SSSR count). The molecule has 1 unspecified atom stereocenters. The van der Waals surface area contributed by atoms with E-state index in [0.29, 0.717) is 23.2 Å². The molecule has 9 heteroatoms. The van der Waals surface area contributed by atoms with Gasteiger partial charge in [-0.15, -0.1) is 0 Å². The van der Waals surface area contributed by atoms with Crippen LogP contribution in [0.4, 0.5) is 13.2 Å². The van der Waals surface area contributed by atoms with Crippen LogP contribution in [0.2, 0.25) is 0 Å². The highest BCUT2D eigenvalue weighted by atomic mass is 19.4. The van der Waals surface area contributed by atoms with E-state index < -0.39 is 11.9 Å². The van der Waals surface area contributed by atoms with Gasteiger partial charge in [0.05, 0.1) is 12.3 Å². The molecular weight excluding hydrogens is 419 g/mol. The number of nitrogens with zero attached hydrogens (tertiary/aromatic N) is 5. The first-order valence-corrected chi connectivity index (χ1v) is 11.5. The molecule has 1 N–H and O–H groups in total. The molecule has 1 aliphatic carbocycles. The van der Waals surface area contributed by atoms with Gasteiger partial charge < -0.3 is 5.11 Å². The fraction of sp³-hybridized carbons (Fsp3) is 0.652. The van der Waals surface area contributed by atoms with E-state index in [1.54, 1.807) is 0 Å². The molecule has 1 aliphatic heterocycles. The van der Waals surface area contributed by atoms with Crippen LogP contribution in [0.5, 0.6) is 0 Å². The Morgan fingerprint density at radius 2 is 1.88 bits per heavy atom. The molecule has 1 saturated carbocycles. The van der Waals surface area contributed by atoms with Crippen molar-refractivity contribution in [1.82, 2.24) is 24.6 Å². The first-order valence-electron chi connectivity index (χ1n) is 11.5. The number of hydrogen-bond acceptors (Lipinski definition) is 5. The second-order valence-electron chi connectivity index (χ2n) is 9.19. The molecule has 0 spiro atoms. The minimum absolute atomic E-state index is 0.169. The monoisotopic (exact) mass is 451 g/mol. The molecule has 6 nitrogen and oxygen atoms in total. The number of rotatable bonds is 6. The third-order valence-electron chi connectivity index (χ3n) is 6.77. The lowest BCUT2D eigenvalue weighted by molar-refractivity contribution is -0.141. The summed E-state index contributed by atoms with van der Waals surface area (Å²) in [7, 11) is 0. The van der Waals surface area contributed by atoms with Gasteiger partial charge in [-0.3, -0.25) is 19.5 Å². The zero-order valence-corrected chi connectivity index (χ0v) is 18.7. The predicted octanol–water partition coefficient (Wildman–Crippen LogP) is 3.79. The van der Waals surface area contributed by atoms with Crippen molar-refractivity contribution in [1.29, 1.82) is 0 Å². The van der Waals surface area contributed by atoms with Gasteiger partial charge in [-0.2, -0.15) is 18.3 Å². The van der Waals surface area contributed by atoms with Gasteiger partial charge in [0.1, 0.15) is 5.69 Å². The van der Waals surface area contributed by atoms with Crippen LogP contribution >= 0.6 is 0 Å². The van der Waals surface area contributed by atoms with Gasteiger partial charge in [-0.05, 0) is 51.3 Å². The van der Waals surface area contributed by atoms with Gasteiger partial charge in [0.2, 0.25) is 0 Å². The summed E-state index contributed by atoms with van der Waals surface area (Å²) in [6.07, 6.45) is 0.130. The Bertz CT molecular complexity index is 888. The molecule has 1 saturated heterocycles. The van der Waals surface area contributed by atoms with Crippen molar-refractivity contribution in [2.45, 2.75) is 57.3 Å². The Hall–Kier alpha value is -1.97. The summed E-state index contributed by atoms with van der Waals surface area (Å²) >= 11 is 0. The van der Waals surface area contributed by atoms with Crippen molar-refractivity contribution in [2.24, 2.45) is 0 Å². The summed E-state index contributed by atoms with van der Waals surface area (Å²) in [5.41, 5.74) is 1.56. The van der Waals surface area contributed by atoms with E-state index in [4.69, 9.17) is 10.2 Å². The summed E-state index contributed by atoms with van der Waals surface area (Å²) in [6.45, 7) is 9.17. The maximum atomic E-state index is 12.9. The van der Waals surface area contributed by atoms with E-state index in [0.717, 1.165) is 63.7 Å². The van der Waals surface area contributed by atoms with Crippen LogP contribution in [0.3, 0.4) is 0 Å². The van der Waals surface area contributed by atoms with Crippen LogP contribution in [0.1, 0.15) is 56.5 Å². The Morgan fingerprint density at radius 1 is 1.12 bits per heavy atom. The van der Waals surface area contributed by atoms with Crippen LogP contribution in [0.25, 0.3) is 11.3 Å². The number of halogens is 3. The predicted molar refractivity (Wildman–Crippen MR) is 116 cm³/mol. The Labute approximate surface area is 187 Å². The minimum Gasteiger partial charge on any atom is -0.395 e. The maximum Gasteiger partial charge on any atom is 0.433 e. The number of aromatic nitrogens is 3. The van der Waals surface area contributed by atoms with Crippen LogP contribution in [0, 0.1) is 0 Å². The average molecular weight is 452 g/mol. The summed E-state index contributed by atoms with van der Waals surface area (Å²) in [6, 6.07) is 5.22. The molecule has 2 aliphatic rings. The van der Waals surface area contributed by atoms with Crippen LogP contribution in [-0.4, -0.2) is 75.0 Å². The van der Waals surface area contributed by atoms with Gasteiger partial charge in [0, 0.05) is 68.2 Å². The topological polar surface area (TPSA) is 57.4 Å². The highest BCUT2D eigenvalue weighted by Crippen LogP contribution is 2.39. The summed E-state index contributed by atoms with van der Waals surface area (Å²) < 4.78 is 40.6. The Balaban J connectivity index is 1.48. The molecule has 3 heterocycles. The largest absolute Gasteiger partial charge is 0.433 e. The van der Waals surface area contributed by atoms with E-state index in [9.17, 15) is 13.2 Å². The Kier molecular flexibility index (Phi) is 6.88. The smallest absolute Gasteiger partial charge is 0.395 e. The number of aliphatic hydroxyl groups excluding tert-OH is 1. The van der Waals surface area contributed by atoms with Gasteiger partial charge >= 0.3 is 6.18 Å². The SMILES string of the molecule is CC(C)n1nc(-c2ccc(C(F)(F)F)nc2)cc1[C@@H]1CCC(N2CCN(CCO)CC2)C1. The van der Waals surface area contributed by atoms with Crippen molar-refractivity contribution in [3.05, 3.63) is 35.8 Å². The zero-order valence-electron chi connectivity index (χ0n) is 18.7. The number of β-amino-alcohol motifs (C(OH)–C–C–N with tert-alkyl or cyclic N) is 1. The molecule has 0 radical (unpaired) electrons. The van der Waals surface area contributed by atoms with Crippen molar-refractivity contribution in [3.63, 3.8) is 0 Å². The molecule has 32 heavy (non-hydrogen) atoms. The number of alkyl halides is 3. The van der Waals surface area contributed by atoms with Gasteiger partial charge in [-0.1, -0.05) is 0 Å². The van der Waals surface area contributed by atoms with E-state index in [1.165, 1.54) is 12.3 Å². The minimum atomic E-state index is -4.44. The standard InChI is InChI=1S/C23H32F3N5O/c1-16(2)31-21(14-20(28-31)18-4-6-22(27-15-18)23(24,25)26)17-3-5-19(13-17)30-9-7-29(8-10-30)11-12-32/h4,6,14-17,19,32H,3,5,7-13H2,1-2H3/t17-,19?/m1/s1. The van der Waals surface area contributed by atoms with E-state index in [2.05, 4.69) is 28.6 Å². The lowest BCUT2D eigenvalue weighted by Gasteiger charge is -2.38. The maximum absolute atomic E-state index is 12.9. The van der Waals surface area contributed by atoms with Crippen molar-refractivity contribution in [2.75, 3.05) is 39.3 Å². The van der Waals surface area contributed by atoms with Crippen molar-refractivity contribution >= 4 is 0 Å². The lowest BCUT2D eigenvalue weighted by Crippen LogP contribution is -2.50. The first-order chi connectivity index (χ1) is 15.3. The average Bonchev–Trinajstić information content (AvgIpc) is 3.42. The number of aliphatic hydroxyl groups is 1. The van der Waals surface area contributed by atoms with Crippen LogP contribution in [-0.2, 0) is 6.18 Å². The molecule has 176 valence electrons. The summed E-state index contributed by atoms with van der Waals surface area (Å²) in [5, 5.41) is 13.9. The molecule has 0 amide bonds.